The van der Waals surface area contributed by atoms with Crippen molar-refractivity contribution in [2.24, 2.45) is 5.41 Å². The Bertz CT molecular complexity index is 1380. The van der Waals surface area contributed by atoms with Gasteiger partial charge in [-0.25, -0.2) is 0 Å². The summed E-state index contributed by atoms with van der Waals surface area (Å²) in [7, 11) is 0. The number of aryl methyl sites for hydroxylation is 1. The summed E-state index contributed by atoms with van der Waals surface area (Å²) >= 11 is 0. The van der Waals surface area contributed by atoms with E-state index >= 15 is 0 Å². The van der Waals surface area contributed by atoms with Gasteiger partial charge in [-0.1, -0.05) is 145 Å². The Morgan fingerprint density at radius 3 is 1.68 bits per heavy atom. The molecule has 0 heteroatoms. The maximum atomic E-state index is 2.32. The molecule has 0 N–H and O–H groups in total. The second kappa shape index (κ2) is 15.8. The van der Waals surface area contributed by atoms with E-state index in [1.54, 1.807) is 0 Å². The Labute approximate surface area is 245 Å². The maximum Gasteiger partial charge on any atom is -0.00664 e. The van der Waals surface area contributed by atoms with Crippen LogP contribution >= 0.6 is 0 Å². The molecule has 0 aliphatic heterocycles. The van der Waals surface area contributed by atoms with Crippen molar-refractivity contribution in [2.75, 3.05) is 0 Å². The standard InChI is InChI=1S/C40H50/c1-30(18-13-20-32(3)23-26-38-27-25-34(5)36(7)37(38)8)16-11-12-17-31(2)19-14-21-33(4)24-28-39-35(6)22-15-29-40(39,9)10/h11-28H,29H2,1-10H3. The van der Waals surface area contributed by atoms with Crippen LogP contribution in [0, 0.1) is 26.2 Å². The molecule has 0 radical (unpaired) electrons. The lowest BCUT2D eigenvalue weighted by molar-refractivity contribution is 0.456. The van der Waals surface area contributed by atoms with Gasteiger partial charge in [-0.2, -0.15) is 0 Å². The third kappa shape index (κ3) is 10.9. The molecule has 0 aromatic heterocycles. The van der Waals surface area contributed by atoms with Crippen molar-refractivity contribution in [1.82, 2.24) is 0 Å². The summed E-state index contributed by atoms with van der Waals surface area (Å²) in [6.07, 6.45) is 35.8. The van der Waals surface area contributed by atoms with E-state index < -0.39 is 0 Å². The summed E-state index contributed by atoms with van der Waals surface area (Å²) in [5.74, 6) is 0. The minimum Gasteiger partial charge on any atom is -0.0834 e. The smallest absolute Gasteiger partial charge is 0.00664 e. The van der Waals surface area contributed by atoms with Crippen LogP contribution < -0.4 is 0 Å². The Morgan fingerprint density at radius 2 is 1.12 bits per heavy atom. The van der Waals surface area contributed by atoms with Gasteiger partial charge < -0.3 is 0 Å². The molecular weight excluding hydrogens is 480 g/mol. The molecule has 0 spiro atoms. The predicted molar refractivity (Wildman–Crippen MR) is 182 cm³/mol. The minimum atomic E-state index is 0.202. The fraction of sp³-hybridized carbons (Fsp3) is 0.300. The first-order chi connectivity index (χ1) is 18.9. The summed E-state index contributed by atoms with van der Waals surface area (Å²) in [4.78, 5) is 0. The van der Waals surface area contributed by atoms with E-state index in [9.17, 15) is 0 Å². The molecule has 40 heavy (non-hydrogen) atoms. The summed E-state index contributed by atoms with van der Waals surface area (Å²) < 4.78 is 0. The first kappa shape index (κ1) is 32.6. The number of hydrogen-bond acceptors (Lipinski definition) is 0. The van der Waals surface area contributed by atoms with Crippen LogP contribution in [0.4, 0.5) is 0 Å². The zero-order chi connectivity index (χ0) is 29.7. The zero-order valence-corrected chi connectivity index (χ0v) is 26.6. The van der Waals surface area contributed by atoms with Crippen LogP contribution in [0.25, 0.3) is 6.08 Å². The zero-order valence-electron chi connectivity index (χ0n) is 26.6. The molecule has 210 valence electrons. The van der Waals surface area contributed by atoms with E-state index in [0.717, 1.165) is 6.42 Å². The van der Waals surface area contributed by atoms with Gasteiger partial charge in [-0.3, -0.25) is 0 Å². The van der Waals surface area contributed by atoms with E-state index in [1.807, 2.05) is 0 Å². The maximum absolute atomic E-state index is 2.32. The fourth-order valence-electron chi connectivity index (χ4n) is 4.55. The van der Waals surface area contributed by atoms with Crippen molar-refractivity contribution in [2.45, 2.75) is 75.7 Å². The minimum absolute atomic E-state index is 0.202. The third-order valence-electron chi connectivity index (χ3n) is 7.55. The van der Waals surface area contributed by atoms with Gasteiger partial charge >= 0.3 is 0 Å². The molecule has 0 nitrogen and oxygen atoms in total. The summed E-state index contributed by atoms with van der Waals surface area (Å²) in [5.41, 5.74) is 13.3. The van der Waals surface area contributed by atoms with Crippen molar-refractivity contribution in [3.8, 4) is 0 Å². The van der Waals surface area contributed by atoms with Crippen LogP contribution in [0.2, 0.25) is 0 Å². The quantitative estimate of drug-likeness (QED) is 0.264. The number of hydrogen-bond donors (Lipinski definition) is 0. The Balaban J connectivity index is 1.89. The van der Waals surface area contributed by atoms with Gasteiger partial charge in [0.2, 0.25) is 0 Å². The molecule has 1 aromatic carbocycles. The van der Waals surface area contributed by atoms with E-state index in [0.29, 0.717) is 0 Å². The molecule has 1 aromatic rings. The Morgan fingerprint density at radius 1 is 0.625 bits per heavy atom. The molecule has 0 atom stereocenters. The molecule has 0 bridgehead atoms. The molecule has 0 amide bonds. The van der Waals surface area contributed by atoms with Gasteiger partial charge in [0.05, 0.1) is 0 Å². The first-order valence-electron chi connectivity index (χ1n) is 14.4. The summed E-state index contributed by atoms with van der Waals surface area (Å²) in [6.45, 7) is 21.9. The highest BCUT2D eigenvalue weighted by atomic mass is 14.3. The Kier molecular flexibility index (Phi) is 12.9. The number of benzene rings is 1. The SMILES string of the molecule is CC(C=CC=C(C)C=CC1=C(C)C=CCC1(C)C)=CC=CC=C(C)C=CC=C(C)C=Cc1ccc(C)c(C)c1C. The highest BCUT2D eigenvalue weighted by Gasteiger charge is 2.23. The predicted octanol–water partition coefficient (Wildman–Crippen LogP) is 11.9. The van der Waals surface area contributed by atoms with Crippen LogP contribution in [0.5, 0.6) is 0 Å². The fourth-order valence-corrected chi connectivity index (χ4v) is 4.55. The van der Waals surface area contributed by atoms with Gasteiger partial charge in [0.15, 0.2) is 0 Å². The van der Waals surface area contributed by atoms with Crippen molar-refractivity contribution in [1.29, 1.82) is 0 Å². The topological polar surface area (TPSA) is 0 Å². The highest BCUT2D eigenvalue weighted by molar-refractivity contribution is 5.59. The molecule has 0 saturated carbocycles. The summed E-state index contributed by atoms with van der Waals surface area (Å²) in [6, 6.07) is 4.40. The van der Waals surface area contributed by atoms with Crippen LogP contribution in [0.1, 0.15) is 77.1 Å². The van der Waals surface area contributed by atoms with E-state index in [1.165, 1.54) is 55.7 Å². The monoisotopic (exact) mass is 530 g/mol. The van der Waals surface area contributed by atoms with Gasteiger partial charge in [0, 0.05) is 0 Å². The van der Waals surface area contributed by atoms with Crippen molar-refractivity contribution < 1.29 is 0 Å². The van der Waals surface area contributed by atoms with Crippen molar-refractivity contribution >= 4 is 6.08 Å². The lowest BCUT2D eigenvalue weighted by Gasteiger charge is -2.29. The van der Waals surface area contributed by atoms with Gasteiger partial charge in [-0.15, -0.1) is 0 Å². The van der Waals surface area contributed by atoms with E-state index in [2.05, 4.69) is 179 Å². The molecular formula is C40H50. The van der Waals surface area contributed by atoms with Gasteiger partial charge in [0.25, 0.3) is 0 Å². The molecule has 1 aliphatic rings. The van der Waals surface area contributed by atoms with Crippen molar-refractivity contribution in [3.05, 3.63) is 159 Å². The van der Waals surface area contributed by atoms with E-state index in [4.69, 9.17) is 0 Å². The number of rotatable bonds is 10. The van der Waals surface area contributed by atoms with Crippen LogP contribution in [0.15, 0.2) is 137 Å². The normalized spacial score (nSPS) is 17.8. The average molecular weight is 531 g/mol. The largest absolute Gasteiger partial charge is 0.0834 e. The lowest BCUT2D eigenvalue weighted by Crippen LogP contribution is -2.16. The summed E-state index contributed by atoms with van der Waals surface area (Å²) in [5, 5.41) is 0. The second-order valence-electron chi connectivity index (χ2n) is 11.7. The van der Waals surface area contributed by atoms with Crippen LogP contribution in [-0.4, -0.2) is 0 Å². The first-order valence-corrected chi connectivity index (χ1v) is 14.4. The van der Waals surface area contributed by atoms with E-state index in [-0.39, 0.29) is 5.41 Å². The van der Waals surface area contributed by atoms with Crippen LogP contribution in [0.3, 0.4) is 0 Å². The Hall–Kier alpha value is -3.64. The molecule has 0 fully saturated rings. The third-order valence-corrected chi connectivity index (χ3v) is 7.55. The molecule has 1 aliphatic carbocycles. The van der Waals surface area contributed by atoms with Gasteiger partial charge in [0.1, 0.15) is 0 Å². The average Bonchev–Trinajstić information content (AvgIpc) is 2.88. The van der Waals surface area contributed by atoms with Gasteiger partial charge in [-0.05, 0) is 101 Å². The molecule has 0 saturated heterocycles. The highest BCUT2D eigenvalue weighted by Crippen LogP contribution is 2.37. The molecule has 2 rings (SSSR count). The molecule has 0 heterocycles. The molecule has 0 unspecified atom stereocenters. The van der Waals surface area contributed by atoms with Crippen LogP contribution in [-0.2, 0) is 0 Å². The van der Waals surface area contributed by atoms with Crippen molar-refractivity contribution in [3.63, 3.8) is 0 Å². The lowest BCUT2D eigenvalue weighted by atomic mass is 9.75. The number of allylic oxidation sites excluding steroid dienone is 21. The second-order valence-corrected chi connectivity index (χ2v) is 11.7.